The number of rotatable bonds is 5. The molecular formula is C19H31N3O3. The lowest BCUT2D eigenvalue weighted by Crippen LogP contribution is -2.42. The Morgan fingerprint density at radius 2 is 1.84 bits per heavy atom. The van der Waals surface area contributed by atoms with Gasteiger partial charge in [0, 0.05) is 36.8 Å². The summed E-state index contributed by atoms with van der Waals surface area (Å²) in [6.07, 6.45) is 2.31. The third-order valence-electron chi connectivity index (χ3n) is 5.32. The Labute approximate surface area is 150 Å². The van der Waals surface area contributed by atoms with E-state index in [4.69, 9.17) is 9.47 Å². The van der Waals surface area contributed by atoms with Crippen LogP contribution in [-0.2, 0) is 27.2 Å². The number of likely N-dealkylation sites (tertiary alicyclic amines) is 1. The van der Waals surface area contributed by atoms with Crippen LogP contribution >= 0.6 is 0 Å². The minimum atomic E-state index is -0.0593. The maximum Gasteiger partial charge on any atom is 0.227 e. The van der Waals surface area contributed by atoms with Gasteiger partial charge in [0.15, 0.2) is 6.29 Å². The first-order valence-electron chi connectivity index (χ1n) is 9.49. The minimum absolute atomic E-state index is 0.0593. The number of ether oxygens (including phenoxy) is 2. The van der Waals surface area contributed by atoms with E-state index in [0.717, 1.165) is 49.4 Å². The quantitative estimate of drug-likeness (QED) is 0.818. The zero-order chi connectivity index (χ0) is 18.0. The van der Waals surface area contributed by atoms with Crippen LogP contribution in [0.25, 0.3) is 0 Å². The average Bonchev–Trinajstić information content (AvgIpc) is 3.19. The highest BCUT2D eigenvalue weighted by molar-refractivity contribution is 5.79. The van der Waals surface area contributed by atoms with E-state index in [0.29, 0.717) is 31.5 Å². The summed E-state index contributed by atoms with van der Waals surface area (Å²) < 4.78 is 13.3. The summed E-state index contributed by atoms with van der Waals surface area (Å²) in [6, 6.07) is 0. The fourth-order valence-corrected chi connectivity index (χ4v) is 3.85. The topological polar surface area (TPSA) is 56.6 Å². The highest BCUT2D eigenvalue weighted by Gasteiger charge is 2.32. The van der Waals surface area contributed by atoms with E-state index in [2.05, 4.69) is 25.9 Å². The molecular weight excluding hydrogens is 318 g/mol. The number of carbonyl (C=O) groups excluding carboxylic acids is 1. The normalized spacial score (nSPS) is 20.0. The van der Waals surface area contributed by atoms with Crippen LogP contribution in [0.5, 0.6) is 0 Å². The summed E-state index contributed by atoms with van der Waals surface area (Å²) in [5.74, 6) is 1.17. The van der Waals surface area contributed by atoms with Crippen LogP contribution in [0.3, 0.4) is 0 Å². The molecule has 2 fully saturated rings. The largest absolute Gasteiger partial charge is 0.350 e. The predicted octanol–water partition coefficient (Wildman–Crippen LogP) is 2.31. The van der Waals surface area contributed by atoms with Crippen molar-refractivity contribution in [2.75, 3.05) is 26.3 Å². The van der Waals surface area contributed by atoms with Crippen molar-refractivity contribution in [1.29, 1.82) is 0 Å². The first-order valence-corrected chi connectivity index (χ1v) is 9.49. The van der Waals surface area contributed by atoms with Gasteiger partial charge in [-0.05, 0) is 32.6 Å². The molecule has 1 aromatic rings. The molecule has 3 rings (SSSR count). The first-order chi connectivity index (χ1) is 12.0. The predicted molar refractivity (Wildman–Crippen MR) is 95.2 cm³/mol. The zero-order valence-corrected chi connectivity index (χ0v) is 16.0. The SMILES string of the molecule is Cc1nn(CC(C)C)c(C)c1CC(=O)N1CCC(C2OCCO2)CC1. The Morgan fingerprint density at radius 3 is 2.44 bits per heavy atom. The summed E-state index contributed by atoms with van der Waals surface area (Å²) in [4.78, 5) is 14.7. The number of hydrogen-bond acceptors (Lipinski definition) is 4. The number of piperidine rings is 1. The van der Waals surface area contributed by atoms with Gasteiger partial charge in [-0.25, -0.2) is 0 Å². The first kappa shape index (κ1) is 18.4. The molecule has 140 valence electrons. The van der Waals surface area contributed by atoms with Crippen LogP contribution in [0.15, 0.2) is 0 Å². The molecule has 1 amide bonds. The molecule has 0 aromatic carbocycles. The van der Waals surface area contributed by atoms with Gasteiger partial charge in [-0.15, -0.1) is 0 Å². The lowest BCUT2D eigenvalue weighted by atomic mass is 9.95. The molecule has 1 aromatic heterocycles. The van der Waals surface area contributed by atoms with Crippen LogP contribution in [-0.4, -0.2) is 53.2 Å². The third kappa shape index (κ3) is 4.23. The van der Waals surface area contributed by atoms with Crippen molar-refractivity contribution in [3.63, 3.8) is 0 Å². The minimum Gasteiger partial charge on any atom is -0.350 e. The van der Waals surface area contributed by atoms with Crippen molar-refractivity contribution >= 4 is 5.91 Å². The molecule has 0 spiro atoms. The van der Waals surface area contributed by atoms with Gasteiger partial charge >= 0.3 is 0 Å². The van der Waals surface area contributed by atoms with Crippen molar-refractivity contribution in [3.8, 4) is 0 Å². The van der Waals surface area contributed by atoms with E-state index < -0.39 is 0 Å². The van der Waals surface area contributed by atoms with Gasteiger partial charge in [-0.1, -0.05) is 13.8 Å². The molecule has 0 atom stereocenters. The third-order valence-corrected chi connectivity index (χ3v) is 5.32. The van der Waals surface area contributed by atoms with E-state index in [1.54, 1.807) is 0 Å². The second-order valence-corrected chi connectivity index (χ2v) is 7.73. The van der Waals surface area contributed by atoms with Gasteiger partial charge in [0.05, 0.1) is 25.3 Å². The van der Waals surface area contributed by atoms with Crippen molar-refractivity contribution in [2.24, 2.45) is 11.8 Å². The summed E-state index contributed by atoms with van der Waals surface area (Å²) in [5, 5.41) is 4.63. The molecule has 2 aliphatic heterocycles. The lowest BCUT2D eigenvalue weighted by molar-refractivity contribution is -0.136. The molecule has 0 bridgehead atoms. The van der Waals surface area contributed by atoms with Crippen LogP contribution < -0.4 is 0 Å². The Bertz CT molecular complexity index is 597. The Balaban J connectivity index is 1.57. The molecule has 25 heavy (non-hydrogen) atoms. The second-order valence-electron chi connectivity index (χ2n) is 7.73. The van der Waals surface area contributed by atoms with E-state index in [-0.39, 0.29) is 12.2 Å². The van der Waals surface area contributed by atoms with E-state index in [1.165, 1.54) is 0 Å². The van der Waals surface area contributed by atoms with E-state index in [9.17, 15) is 4.79 Å². The van der Waals surface area contributed by atoms with Crippen LogP contribution in [0, 0.1) is 25.7 Å². The fourth-order valence-electron chi connectivity index (χ4n) is 3.85. The number of amides is 1. The van der Waals surface area contributed by atoms with Gasteiger partial charge in [-0.2, -0.15) is 5.10 Å². The van der Waals surface area contributed by atoms with Crippen LogP contribution in [0.2, 0.25) is 0 Å². The van der Waals surface area contributed by atoms with Crippen LogP contribution in [0.1, 0.15) is 43.6 Å². The van der Waals surface area contributed by atoms with Gasteiger partial charge in [0.25, 0.3) is 0 Å². The number of aromatic nitrogens is 2. The molecule has 6 nitrogen and oxygen atoms in total. The molecule has 6 heteroatoms. The monoisotopic (exact) mass is 349 g/mol. The molecule has 0 radical (unpaired) electrons. The van der Waals surface area contributed by atoms with Gasteiger partial charge < -0.3 is 14.4 Å². The maximum atomic E-state index is 12.8. The summed E-state index contributed by atoms with van der Waals surface area (Å²) in [7, 11) is 0. The molecule has 0 unspecified atom stereocenters. The van der Waals surface area contributed by atoms with Crippen LogP contribution in [0.4, 0.5) is 0 Å². The average molecular weight is 349 g/mol. The highest BCUT2D eigenvalue weighted by Crippen LogP contribution is 2.26. The summed E-state index contributed by atoms with van der Waals surface area (Å²) >= 11 is 0. The van der Waals surface area contributed by atoms with Gasteiger partial charge in [-0.3, -0.25) is 9.48 Å². The summed E-state index contributed by atoms with van der Waals surface area (Å²) in [6.45, 7) is 12.3. The molecule has 0 N–H and O–H groups in total. The van der Waals surface area contributed by atoms with Crippen molar-refractivity contribution in [1.82, 2.24) is 14.7 Å². The van der Waals surface area contributed by atoms with Gasteiger partial charge in [0.1, 0.15) is 0 Å². The second kappa shape index (κ2) is 7.87. The molecule has 0 saturated carbocycles. The molecule has 3 heterocycles. The molecule has 0 aliphatic carbocycles. The number of aryl methyl sites for hydroxylation is 1. The van der Waals surface area contributed by atoms with Crippen molar-refractivity contribution < 1.29 is 14.3 Å². The maximum absolute atomic E-state index is 12.8. The Hall–Kier alpha value is -1.40. The van der Waals surface area contributed by atoms with Crippen molar-refractivity contribution in [2.45, 2.75) is 59.8 Å². The smallest absolute Gasteiger partial charge is 0.227 e. The van der Waals surface area contributed by atoms with Crippen molar-refractivity contribution in [3.05, 3.63) is 17.0 Å². The van der Waals surface area contributed by atoms with E-state index >= 15 is 0 Å². The number of nitrogens with zero attached hydrogens (tertiary/aromatic N) is 3. The fraction of sp³-hybridized carbons (Fsp3) is 0.789. The number of carbonyl (C=O) groups is 1. The molecule has 2 aliphatic rings. The van der Waals surface area contributed by atoms with Gasteiger partial charge in [0.2, 0.25) is 5.91 Å². The number of hydrogen-bond donors (Lipinski definition) is 0. The Morgan fingerprint density at radius 1 is 1.20 bits per heavy atom. The summed E-state index contributed by atoms with van der Waals surface area (Å²) in [5.41, 5.74) is 3.20. The molecule has 2 saturated heterocycles. The highest BCUT2D eigenvalue weighted by atomic mass is 16.7. The lowest BCUT2D eigenvalue weighted by Gasteiger charge is -2.34. The van der Waals surface area contributed by atoms with E-state index in [1.807, 2.05) is 16.5 Å². The zero-order valence-electron chi connectivity index (χ0n) is 16.0. The Kier molecular flexibility index (Phi) is 5.79. The standard InChI is InChI=1S/C19H31N3O3/c1-13(2)12-22-15(4)17(14(3)20-22)11-18(23)21-7-5-16(6-8-21)19-24-9-10-25-19/h13,16,19H,5-12H2,1-4H3.